The Hall–Kier alpha value is -0.900. The van der Waals surface area contributed by atoms with Crippen LogP contribution < -0.4 is 5.32 Å². The van der Waals surface area contributed by atoms with Crippen LogP contribution in [0.1, 0.15) is 50.8 Å². The van der Waals surface area contributed by atoms with Gasteiger partial charge >= 0.3 is 0 Å². The van der Waals surface area contributed by atoms with E-state index in [1.165, 1.54) is 18.4 Å². The Morgan fingerprint density at radius 2 is 2.14 bits per heavy atom. The molecule has 0 aliphatic carbocycles. The van der Waals surface area contributed by atoms with Crippen molar-refractivity contribution < 1.29 is 9.84 Å². The fraction of sp³-hybridized carbons (Fsp3) is 0.667. The lowest BCUT2D eigenvalue weighted by Crippen LogP contribution is -2.40. The van der Waals surface area contributed by atoms with E-state index in [1.54, 1.807) is 0 Å². The minimum Gasteiger partial charge on any atom is -0.392 e. The van der Waals surface area contributed by atoms with Gasteiger partial charge in [-0.1, -0.05) is 38.1 Å². The number of benzene rings is 1. The molecule has 1 saturated heterocycles. The minimum atomic E-state index is 0.104. The maximum Gasteiger partial charge on any atom is 0.0681 e. The summed E-state index contributed by atoms with van der Waals surface area (Å²) in [5.41, 5.74) is 2.21. The molecule has 3 heteroatoms. The number of aliphatic hydroxyl groups is 1. The van der Waals surface area contributed by atoms with Gasteiger partial charge < -0.3 is 15.2 Å². The summed E-state index contributed by atoms with van der Waals surface area (Å²) in [5.74, 6) is 1.17. The van der Waals surface area contributed by atoms with Gasteiger partial charge in [0.2, 0.25) is 0 Å². The highest BCUT2D eigenvalue weighted by atomic mass is 16.5. The van der Waals surface area contributed by atoms with E-state index in [0.717, 1.165) is 18.7 Å². The van der Waals surface area contributed by atoms with Crippen LogP contribution in [0.2, 0.25) is 0 Å². The molecule has 1 aliphatic heterocycles. The molecule has 0 radical (unpaired) electrons. The normalized spacial score (nSPS) is 24.2. The first-order valence-corrected chi connectivity index (χ1v) is 8.16. The van der Waals surface area contributed by atoms with Crippen LogP contribution in [0.5, 0.6) is 0 Å². The fourth-order valence-corrected chi connectivity index (χ4v) is 3.23. The predicted octanol–water partition coefficient (Wildman–Crippen LogP) is 3.28. The second-order valence-electron chi connectivity index (χ2n) is 6.51. The van der Waals surface area contributed by atoms with E-state index in [4.69, 9.17) is 4.74 Å². The highest BCUT2D eigenvalue weighted by Crippen LogP contribution is 2.26. The molecule has 3 unspecified atom stereocenters. The molecule has 1 aromatic rings. The largest absolute Gasteiger partial charge is 0.392 e. The number of hydrogen-bond acceptors (Lipinski definition) is 3. The highest BCUT2D eigenvalue weighted by molar-refractivity contribution is 5.25. The third-order valence-electron chi connectivity index (χ3n) is 4.47. The first-order chi connectivity index (χ1) is 10.1. The van der Waals surface area contributed by atoms with E-state index >= 15 is 0 Å². The van der Waals surface area contributed by atoms with Crippen LogP contribution in [-0.2, 0) is 11.3 Å². The number of rotatable bonds is 6. The molecule has 0 aromatic heterocycles. The van der Waals surface area contributed by atoms with Crippen molar-refractivity contribution in [2.75, 3.05) is 13.2 Å². The Kier molecular flexibility index (Phi) is 6.22. The predicted molar refractivity (Wildman–Crippen MR) is 86.1 cm³/mol. The quantitative estimate of drug-likeness (QED) is 0.845. The molecule has 0 spiro atoms. The van der Waals surface area contributed by atoms with Crippen molar-refractivity contribution >= 4 is 0 Å². The summed E-state index contributed by atoms with van der Waals surface area (Å²) >= 11 is 0. The van der Waals surface area contributed by atoms with Gasteiger partial charge in [-0.3, -0.25) is 0 Å². The Morgan fingerprint density at radius 3 is 2.86 bits per heavy atom. The molecule has 1 aliphatic rings. The van der Waals surface area contributed by atoms with Gasteiger partial charge in [0.25, 0.3) is 0 Å². The summed E-state index contributed by atoms with van der Waals surface area (Å²) in [6, 6.07) is 8.47. The van der Waals surface area contributed by atoms with Crippen LogP contribution in [0, 0.1) is 11.8 Å². The molecule has 1 fully saturated rings. The molecule has 0 amide bonds. The molecule has 1 heterocycles. The second-order valence-corrected chi connectivity index (χ2v) is 6.51. The van der Waals surface area contributed by atoms with Crippen molar-refractivity contribution in [3.8, 4) is 0 Å². The molecule has 3 atom stereocenters. The minimum absolute atomic E-state index is 0.104. The molecular formula is C18H29NO2. The molecular weight excluding hydrogens is 262 g/mol. The molecule has 118 valence electrons. The molecule has 21 heavy (non-hydrogen) atoms. The van der Waals surface area contributed by atoms with Crippen molar-refractivity contribution in [3.05, 3.63) is 35.4 Å². The summed E-state index contributed by atoms with van der Waals surface area (Å²) < 4.78 is 5.95. The number of hydrogen-bond donors (Lipinski definition) is 2. The van der Waals surface area contributed by atoms with Crippen LogP contribution >= 0.6 is 0 Å². The molecule has 2 N–H and O–H groups in total. The lowest BCUT2D eigenvalue weighted by Gasteiger charge is -2.35. The third kappa shape index (κ3) is 4.53. The van der Waals surface area contributed by atoms with E-state index in [2.05, 4.69) is 38.2 Å². The van der Waals surface area contributed by atoms with E-state index in [9.17, 15) is 5.11 Å². The van der Waals surface area contributed by atoms with Crippen LogP contribution in [0.4, 0.5) is 0 Å². The Morgan fingerprint density at radius 1 is 1.33 bits per heavy atom. The average molecular weight is 291 g/mol. The highest BCUT2D eigenvalue weighted by Gasteiger charge is 2.28. The van der Waals surface area contributed by atoms with Gasteiger partial charge in [0.15, 0.2) is 0 Å². The zero-order valence-electron chi connectivity index (χ0n) is 13.5. The lowest BCUT2D eigenvalue weighted by atomic mass is 9.87. The van der Waals surface area contributed by atoms with Gasteiger partial charge in [-0.05, 0) is 42.7 Å². The maximum absolute atomic E-state index is 9.24. The number of aliphatic hydroxyl groups excluding tert-OH is 1. The van der Waals surface area contributed by atoms with Gasteiger partial charge in [-0.2, -0.15) is 0 Å². The molecule has 0 bridgehead atoms. The smallest absolute Gasteiger partial charge is 0.0681 e. The van der Waals surface area contributed by atoms with Gasteiger partial charge in [0.05, 0.1) is 12.7 Å². The van der Waals surface area contributed by atoms with E-state index in [0.29, 0.717) is 24.0 Å². The fourth-order valence-electron chi connectivity index (χ4n) is 3.23. The van der Waals surface area contributed by atoms with Crippen LogP contribution in [-0.4, -0.2) is 24.4 Å². The first-order valence-electron chi connectivity index (χ1n) is 8.16. The van der Waals surface area contributed by atoms with E-state index < -0.39 is 0 Å². The van der Waals surface area contributed by atoms with Crippen molar-refractivity contribution in [1.82, 2.24) is 5.32 Å². The maximum atomic E-state index is 9.24. The Labute approximate surface area is 128 Å². The van der Waals surface area contributed by atoms with Gasteiger partial charge in [0.1, 0.15) is 0 Å². The van der Waals surface area contributed by atoms with E-state index in [1.807, 2.05) is 12.1 Å². The van der Waals surface area contributed by atoms with Gasteiger partial charge in [-0.15, -0.1) is 0 Å². The van der Waals surface area contributed by atoms with Crippen molar-refractivity contribution in [3.63, 3.8) is 0 Å². The summed E-state index contributed by atoms with van der Waals surface area (Å²) in [6.07, 6.45) is 2.80. The molecule has 0 saturated carbocycles. The monoisotopic (exact) mass is 291 g/mol. The molecule has 2 rings (SSSR count). The first kappa shape index (κ1) is 16.5. The number of nitrogens with one attached hydrogen (secondary N) is 1. The van der Waals surface area contributed by atoms with Gasteiger partial charge in [0, 0.05) is 19.2 Å². The van der Waals surface area contributed by atoms with Crippen molar-refractivity contribution in [2.24, 2.45) is 11.8 Å². The van der Waals surface area contributed by atoms with Gasteiger partial charge in [-0.25, -0.2) is 0 Å². The Bertz CT molecular complexity index is 433. The summed E-state index contributed by atoms with van der Waals surface area (Å²) in [4.78, 5) is 0. The summed E-state index contributed by atoms with van der Waals surface area (Å²) in [5, 5.41) is 12.9. The zero-order chi connectivity index (χ0) is 15.2. The van der Waals surface area contributed by atoms with E-state index in [-0.39, 0.29) is 6.61 Å². The lowest BCUT2D eigenvalue weighted by molar-refractivity contribution is -0.0521. The SMILES string of the molecule is CC(NCC1CCCOC1C(C)C)c1cccc(CO)c1. The Balaban J connectivity index is 1.91. The van der Waals surface area contributed by atoms with Crippen molar-refractivity contribution in [1.29, 1.82) is 0 Å². The molecule has 3 nitrogen and oxygen atoms in total. The average Bonchev–Trinajstić information content (AvgIpc) is 2.52. The summed E-state index contributed by atoms with van der Waals surface area (Å²) in [6.45, 7) is 8.69. The standard InChI is InChI=1S/C18H29NO2/c1-13(2)18-17(8-5-9-21-18)11-19-14(3)16-7-4-6-15(10-16)12-20/h4,6-7,10,13-14,17-20H,5,8-9,11-12H2,1-3H3. The second kappa shape index (κ2) is 7.92. The molecule has 1 aromatic carbocycles. The van der Waals surface area contributed by atoms with Crippen molar-refractivity contribution in [2.45, 2.75) is 52.4 Å². The van der Waals surface area contributed by atoms with Crippen LogP contribution in [0.15, 0.2) is 24.3 Å². The van der Waals surface area contributed by atoms with Crippen LogP contribution in [0.25, 0.3) is 0 Å². The topological polar surface area (TPSA) is 41.5 Å². The zero-order valence-corrected chi connectivity index (χ0v) is 13.5. The summed E-state index contributed by atoms with van der Waals surface area (Å²) in [7, 11) is 0. The third-order valence-corrected chi connectivity index (χ3v) is 4.47. The number of ether oxygens (including phenoxy) is 1. The van der Waals surface area contributed by atoms with Crippen LogP contribution in [0.3, 0.4) is 0 Å².